The van der Waals surface area contributed by atoms with Crippen LogP contribution < -0.4 is 9.47 Å². The number of hydrogen-bond donors (Lipinski definition) is 1. The Morgan fingerprint density at radius 1 is 1.21 bits per heavy atom. The monoisotopic (exact) mass is 262 g/mol. The molecule has 1 aromatic heterocycles. The van der Waals surface area contributed by atoms with Crippen LogP contribution in [0.2, 0.25) is 0 Å². The number of methoxy groups -OCH3 is 2. The molecule has 0 aliphatic rings. The topological polar surface area (TPSA) is 68.9 Å². The third-order valence-electron chi connectivity index (χ3n) is 2.75. The van der Waals surface area contributed by atoms with Crippen molar-refractivity contribution in [1.82, 2.24) is 0 Å². The van der Waals surface area contributed by atoms with E-state index in [1.165, 1.54) is 12.3 Å². The Labute approximate surface area is 110 Å². The highest BCUT2D eigenvalue weighted by Crippen LogP contribution is 2.25. The number of benzene rings is 1. The number of rotatable bonds is 5. The van der Waals surface area contributed by atoms with Crippen LogP contribution in [0.3, 0.4) is 0 Å². The number of ether oxygens (including phenoxy) is 2. The largest absolute Gasteiger partial charge is 0.497 e. The van der Waals surface area contributed by atoms with E-state index < -0.39 is 5.97 Å². The molecule has 0 saturated heterocycles. The molecule has 2 rings (SSSR count). The molecule has 0 aliphatic carbocycles. The zero-order valence-electron chi connectivity index (χ0n) is 10.7. The Kier molecular flexibility index (Phi) is 3.75. The summed E-state index contributed by atoms with van der Waals surface area (Å²) in [6, 6.07) is 6.83. The lowest BCUT2D eigenvalue weighted by atomic mass is 10.1. The van der Waals surface area contributed by atoms with E-state index in [-0.39, 0.29) is 5.56 Å². The molecule has 0 amide bonds. The Morgan fingerprint density at radius 3 is 2.37 bits per heavy atom. The number of carboxylic acid groups (broad SMARTS) is 1. The predicted molar refractivity (Wildman–Crippen MR) is 68.0 cm³/mol. The van der Waals surface area contributed by atoms with Crippen LogP contribution in [0.15, 0.2) is 34.9 Å². The van der Waals surface area contributed by atoms with Crippen molar-refractivity contribution >= 4 is 5.97 Å². The van der Waals surface area contributed by atoms with Crippen LogP contribution in [0.25, 0.3) is 0 Å². The highest BCUT2D eigenvalue weighted by Gasteiger charge is 2.14. The van der Waals surface area contributed by atoms with Crippen LogP contribution in [0, 0.1) is 0 Å². The van der Waals surface area contributed by atoms with Crippen molar-refractivity contribution in [3.8, 4) is 11.5 Å². The van der Waals surface area contributed by atoms with Gasteiger partial charge in [0, 0.05) is 12.5 Å². The molecule has 1 aromatic carbocycles. The van der Waals surface area contributed by atoms with E-state index >= 15 is 0 Å². The van der Waals surface area contributed by atoms with E-state index in [0.29, 0.717) is 23.7 Å². The van der Waals surface area contributed by atoms with Gasteiger partial charge in [-0.1, -0.05) is 0 Å². The third kappa shape index (κ3) is 2.88. The summed E-state index contributed by atoms with van der Waals surface area (Å²) in [6.07, 6.45) is 1.73. The molecule has 0 aliphatic heterocycles. The van der Waals surface area contributed by atoms with E-state index in [0.717, 1.165) is 5.56 Å². The average molecular weight is 262 g/mol. The molecule has 0 saturated carbocycles. The molecule has 5 nitrogen and oxygen atoms in total. The van der Waals surface area contributed by atoms with E-state index in [1.807, 2.05) is 12.1 Å². The first-order valence-electron chi connectivity index (χ1n) is 5.65. The van der Waals surface area contributed by atoms with Gasteiger partial charge in [-0.25, -0.2) is 4.79 Å². The van der Waals surface area contributed by atoms with Crippen molar-refractivity contribution in [2.24, 2.45) is 0 Å². The van der Waals surface area contributed by atoms with Gasteiger partial charge in [0.1, 0.15) is 22.8 Å². The fourth-order valence-electron chi connectivity index (χ4n) is 1.82. The minimum absolute atomic E-state index is 0.168. The zero-order valence-corrected chi connectivity index (χ0v) is 10.7. The van der Waals surface area contributed by atoms with Crippen LogP contribution >= 0.6 is 0 Å². The van der Waals surface area contributed by atoms with Gasteiger partial charge in [-0.05, 0) is 23.8 Å². The summed E-state index contributed by atoms with van der Waals surface area (Å²) < 4.78 is 15.5. The maximum atomic E-state index is 11.0. The van der Waals surface area contributed by atoms with E-state index in [4.69, 9.17) is 19.0 Å². The molecule has 0 radical (unpaired) electrons. The lowest BCUT2D eigenvalue weighted by Crippen LogP contribution is -2.00. The highest BCUT2D eigenvalue weighted by atomic mass is 16.5. The molecule has 0 spiro atoms. The maximum Gasteiger partial charge on any atom is 0.339 e. The number of carbonyl (C=O) groups is 1. The molecule has 100 valence electrons. The molecule has 1 heterocycles. The first-order valence-corrected chi connectivity index (χ1v) is 5.65. The quantitative estimate of drug-likeness (QED) is 0.896. The average Bonchev–Trinajstić information content (AvgIpc) is 2.86. The normalized spacial score (nSPS) is 10.2. The van der Waals surface area contributed by atoms with E-state index in [2.05, 4.69) is 0 Å². The van der Waals surface area contributed by atoms with Gasteiger partial charge in [0.05, 0.1) is 20.5 Å². The number of furan rings is 1. The Morgan fingerprint density at radius 2 is 1.84 bits per heavy atom. The van der Waals surface area contributed by atoms with Crippen molar-refractivity contribution in [1.29, 1.82) is 0 Å². The first kappa shape index (κ1) is 13.0. The van der Waals surface area contributed by atoms with Crippen LogP contribution in [-0.4, -0.2) is 25.3 Å². The van der Waals surface area contributed by atoms with Gasteiger partial charge < -0.3 is 19.0 Å². The second-order valence-corrected chi connectivity index (χ2v) is 3.96. The van der Waals surface area contributed by atoms with E-state index in [9.17, 15) is 4.79 Å². The van der Waals surface area contributed by atoms with Gasteiger partial charge in [-0.2, -0.15) is 0 Å². The fourth-order valence-corrected chi connectivity index (χ4v) is 1.82. The molecule has 5 heteroatoms. The standard InChI is InChI=1S/C14H14O5/c1-17-10-5-9(6-11(8-10)18-2)7-13-12(14(15)16)3-4-19-13/h3-6,8H,7H2,1-2H3,(H,15,16). The van der Waals surface area contributed by atoms with Crippen molar-refractivity contribution in [2.45, 2.75) is 6.42 Å². The summed E-state index contributed by atoms with van der Waals surface area (Å²) in [7, 11) is 3.13. The molecular weight excluding hydrogens is 248 g/mol. The summed E-state index contributed by atoms with van der Waals surface area (Å²) in [5.41, 5.74) is 1.02. The smallest absolute Gasteiger partial charge is 0.339 e. The number of aromatic carboxylic acids is 1. The minimum atomic E-state index is -1.00. The third-order valence-corrected chi connectivity index (χ3v) is 2.75. The lowest BCUT2D eigenvalue weighted by molar-refractivity contribution is 0.0694. The molecule has 0 atom stereocenters. The zero-order chi connectivity index (χ0) is 13.8. The van der Waals surface area contributed by atoms with Crippen molar-refractivity contribution in [3.05, 3.63) is 47.4 Å². The maximum absolute atomic E-state index is 11.0. The molecule has 2 aromatic rings. The van der Waals surface area contributed by atoms with E-state index in [1.54, 1.807) is 20.3 Å². The lowest BCUT2D eigenvalue weighted by Gasteiger charge is -2.07. The Hall–Kier alpha value is -2.43. The van der Waals surface area contributed by atoms with Gasteiger partial charge in [-0.15, -0.1) is 0 Å². The second-order valence-electron chi connectivity index (χ2n) is 3.96. The predicted octanol–water partition coefficient (Wildman–Crippen LogP) is 2.59. The van der Waals surface area contributed by atoms with Crippen molar-refractivity contribution < 1.29 is 23.8 Å². The second kappa shape index (κ2) is 5.48. The molecule has 0 unspecified atom stereocenters. The van der Waals surface area contributed by atoms with Gasteiger partial charge >= 0.3 is 5.97 Å². The molecular formula is C14H14O5. The highest BCUT2D eigenvalue weighted by molar-refractivity contribution is 5.88. The van der Waals surface area contributed by atoms with Crippen LogP contribution in [0.1, 0.15) is 21.7 Å². The van der Waals surface area contributed by atoms with Crippen molar-refractivity contribution in [2.75, 3.05) is 14.2 Å². The van der Waals surface area contributed by atoms with Crippen LogP contribution in [0.5, 0.6) is 11.5 Å². The summed E-state index contributed by atoms with van der Waals surface area (Å²) in [6.45, 7) is 0. The molecule has 0 bridgehead atoms. The summed E-state index contributed by atoms with van der Waals surface area (Å²) in [5, 5.41) is 9.02. The summed E-state index contributed by atoms with van der Waals surface area (Å²) in [5.74, 6) is 0.706. The Balaban J connectivity index is 2.32. The van der Waals surface area contributed by atoms with Gasteiger partial charge in [0.2, 0.25) is 0 Å². The van der Waals surface area contributed by atoms with Gasteiger partial charge in [0.25, 0.3) is 0 Å². The molecule has 0 fully saturated rings. The SMILES string of the molecule is COc1cc(Cc2occc2C(=O)O)cc(OC)c1. The first-order chi connectivity index (χ1) is 9.13. The summed E-state index contributed by atoms with van der Waals surface area (Å²) in [4.78, 5) is 11.0. The van der Waals surface area contributed by atoms with Crippen molar-refractivity contribution in [3.63, 3.8) is 0 Å². The fraction of sp³-hybridized carbons (Fsp3) is 0.214. The molecule has 1 N–H and O–H groups in total. The van der Waals surface area contributed by atoms with Crippen LogP contribution in [-0.2, 0) is 6.42 Å². The van der Waals surface area contributed by atoms with Gasteiger partial charge in [-0.3, -0.25) is 0 Å². The minimum Gasteiger partial charge on any atom is -0.497 e. The van der Waals surface area contributed by atoms with Gasteiger partial charge in [0.15, 0.2) is 0 Å². The van der Waals surface area contributed by atoms with Crippen LogP contribution in [0.4, 0.5) is 0 Å². The Bertz CT molecular complexity index is 563. The number of carboxylic acids is 1. The molecule has 19 heavy (non-hydrogen) atoms. The summed E-state index contributed by atoms with van der Waals surface area (Å²) >= 11 is 0. The number of hydrogen-bond acceptors (Lipinski definition) is 4.